The minimum atomic E-state index is -0.762. The Labute approximate surface area is 144 Å². The van der Waals surface area contributed by atoms with Gasteiger partial charge in [0.1, 0.15) is 29.4 Å². The highest BCUT2D eigenvalue weighted by molar-refractivity contribution is 5.44. The highest BCUT2D eigenvalue weighted by atomic mass is 16.6. The van der Waals surface area contributed by atoms with Crippen LogP contribution < -0.4 is 16.3 Å². The van der Waals surface area contributed by atoms with Crippen LogP contribution in [0.1, 0.15) is 25.1 Å². The summed E-state index contributed by atoms with van der Waals surface area (Å²) in [6, 6.07) is -0.459. The van der Waals surface area contributed by atoms with Crippen molar-refractivity contribution in [2.75, 3.05) is 17.2 Å². The van der Waals surface area contributed by atoms with Crippen LogP contribution in [0.5, 0.6) is 0 Å². The predicted molar refractivity (Wildman–Crippen MR) is 90.0 cm³/mol. The van der Waals surface area contributed by atoms with Crippen molar-refractivity contribution in [2.24, 2.45) is 0 Å². The number of nitrogens with zero attached hydrogens (tertiary/aromatic N) is 5. The van der Waals surface area contributed by atoms with Gasteiger partial charge < -0.3 is 20.5 Å². The molecule has 4 atom stereocenters. The van der Waals surface area contributed by atoms with Gasteiger partial charge in [-0.3, -0.25) is 9.55 Å². The van der Waals surface area contributed by atoms with Crippen molar-refractivity contribution in [3.8, 4) is 0 Å². The molecule has 0 amide bonds. The van der Waals surface area contributed by atoms with Crippen LogP contribution in [0.4, 0.5) is 11.6 Å². The summed E-state index contributed by atoms with van der Waals surface area (Å²) in [5, 5.41) is 10.9. The number of hydrogen-bond acceptors (Lipinski definition) is 8. The van der Waals surface area contributed by atoms with E-state index in [0.717, 1.165) is 0 Å². The van der Waals surface area contributed by atoms with E-state index in [9.17, 15) is 9.90 Å². The molecule has 2 aliphatic rings. The molecule has 2 aromatic heterocycles. The Bertz CT molecular complexity index is 857. The van der Waals surface area contributed by atoms with E-state index in [0.29, 0.717) is 24.3 Å². The molecule has 0 aliphatic carbocycles. The van der Waals surface area contributed by atoms with E-state index in [1.54, 1.807) is 31.7 Å². The number of nitrogen functional groups attached to an aromatic ring is 1. The number of aliphatic hydroxyl groups excluding tert-OH is 1. The summed E-state index contributed by atoms with van der Waals surface area (Å²) in [6.07, 6.45) is 5.64. The van der Waals surface area contributed by atoms with Crippen molar-refractivity contribution in [3.63, 3.8) is 0 Å². The zero-order valence-corrected chi connectivity index (χ0v) is 14.0. The van der Waals surface area contributed by atoms with E-state index in [4.69, 9.17) is 10.5 Å². The van der Waals surface area contributed by atoms with Crippen LogP contribution in [0.3, 0.4) is 0 Å². The monoisotopic (exact) mass is 344 g/mol. The summed E-state index contributed by atoms with van der Waals surface area (Å²) < 4.78 is 7.57. The molecule has 4 heterocycles. The fraction of sp³-hybridized carbons (Fsp3) is 0.500. The number of hydrogen-bond donors (Lipinski definition) is 2. The van der Waals surface area contributed by atoms with Gasteiger partial charge in [-0.25, -0.2) is 9.78 Å². The fourth-order valence-electron chi connectivity index (χ4n) is 3.76. The molecule has 2 saturated heterocycles. The van der Waals surface area contributed by atoms with Crippen LogP contribution in [-0.4, -0.2) is 48.9 Å². The number of ether oxygens (including phenoxy) is 1. The SMILES string of the molecule is CC[C@@]12CN(c3cnccn3)[C@@H]([C@H](n3cc(C)c(N)nc3=O)O1)[C@@H]2O. The van der Waals surface area contributed by atoms with E-state index in [1.807, 2.05) is 11.8 Å². The van der Waals surface area contributed by atoms with Crippen LogP contribution in [0, 0.1) is 6.92 Å². The van der Waals surface area contributed by atoms with Crippen molar-refractivity contribution in [1.29, 1.82) is 0 Å². The van der Waals surface area contributed by atoms with Gasteiger partial charge in [0, 0.05) is 24.2 Å². The lowest BCUT2D eigenvalue weighted by Gasteiger charge is -2.37. The molecule has 3 N–H and O–H groups in total. The van der Waals surface area contributed by atoms with E-state index >= 15 is 0 Å². The minimum absolute atomic E-state index is 0.195. The Morgan fingerprint density at radius 3 is 2.92 bits per heavy atom. The third-order valence-electron chi connectivity index (χ3n) is 5.20. The van der Waals surface area contributed by atoms with Gasteiger partial charge in [-0.15, -0.1) is 0 Å². The van der Waals surface area contributed by atoms with Crippen molar-refractivity contribution in [3.05, 3.63) is 40.8 Å². The van der Waals surface area contributed by atoms with Gasteiger partial charge in [-0.05, 0) is 13.3 Å². The molecule has 2 aliphatic heterocycles. The summed E-state index contributed by atoms with van der Waals surface area (Å²) in [4.78, 5) is 26.6. The Balaban J connectivity index is 1.80. The first-order valence-electron chi connectivity index (χ1n) is 8.20. The molecule has 2 fully saturated rings. The molecule has 132 valence electrons. The molecular weight excluding hydrogens is 324 g/mol. The van der Waals surface area contributed by atoms with E-state index in [2.05, 4.69) is 15.0 Å². The molecule has 2 aromatic rings. The normalized spacial score (nSPS) is 30.8. The lowest BCUT2D eigenvalue weighted by molar-refractivity contribution is -0.106. The van der Waals surface area contributed by atoms with Crippen LogP contribution in [0.2, 0.25) is 0 Å². The predicted octanol–water partition coefficient (Wildman–Crippen LogP) is -0.149. The molecule has 0 unspecified atom stereocenters. The van der Waals surface area contributed by atoms with Crippen molar-refractivity contribution in [1.82, 2.24) is 19.5 Å². The quantitative estimate of drug-likeness (QED) is 0.789. The zero-order valence-electron chi connectivity index (χ0n) is 14.0. The number of fused-ring (bicyclic) bond motifs is 2. The van der Waals surface area contributed by atoms with E-state index in [1.165, 1.54) is 4.57 Å². The summed E-state index contributed by atoms with van der Waals surface area (Å²) in [7, 11) is 0. The van der Waals surface area contributed by atoms with Crippen LogP contribution >= 0.6 is 0 Å². The van der Waals surface area contributed by atoms with Gasteiger partial charge >= 0.3 is 5.69 Å². The molecule has 2 bridgehead atoms. The van der Waals surface area contributed by atoms with Crippen molar-refractivity contribution in [2.45, 2.75) is 44.2 Å². The molecule has 9 nitrogen and oxygen atoms in total. The second kappa shape index (κ2) is 5.50. The number of nitrogens with two attached hydrogens (primary N) is 1. The topological polar surface area (TPSA) is 119 Å². The number of aromatic nitrogens is 4. The summed E-state index contributed by atoms with van der Waals surface area (Å²) in [5.41, 5.74) is 5.13. The highest BCUT2D eigenvalue weighted by Gasteiger charge is 2.63. The molecule has 0 spiro atoms. The summed E-state index contributed by atoms with van der Waals surface area (Å²) in [5.74, 6) is 0.837. The second-order valence-corrected chi connectivity index (χ2v) is 6.55. The maximum Gasteiger partial charge on any atom is 0.351 e. The largest absolute Gasteiger partial charge is 0.388 e. The van der Waals surface area contributed by atoms with Gasteiger partial charge in [0.25, 0.3) is 0 Å². The summed E-state index contributed by atoms with van der Waals surface area (Å²) in [6.45, 7) is 4.22. The maximum atomic E-state index is 12.4. The molecule has 0 saturated carbocycles. The van der Waals surface area contributed by atoms with Gasteiger partial charge in [0.15, 0.2) is 6.23 Å². The first-order chi connectivity index (χ1) is 12.0. The smallest absolute Gasteiger partial charge is 0.351 e. The minimum Gasteiger partial charge on any atom is -0.388 e. The first-order valence-corrected chi connectivity index (χ1v) is 8.20. The standard InChI is InChI=1S/C16H20N6O3/c1-3-16-8-22(10-6-18-4-5-19-10)11(12(16)23)14(25-16)21-7-9(2)13(17)20-15(21)24/h4-7,11-12,14,23H,3,8H2,1-2H3,(H2,17,20,24)/t11-,12+,14-,16+/m1/s1. The average molecular weight is 344 g/mol. The van der Waals surface area contributed by atoms with E-state index in [-0.39, 0.29) is 5.82 Å². The number of aryl methyl sites for hydroxylation is 1. The van der Waals surface area contributed by atoms with E-state index < -0.39 is 29.7 Å². The highest BCUT2D eigenvalue weighted by Crippen LogP contribution is 2.48. The third-order valence-corrected chi connectivity index (χ3v) is 5.20. The van der Waals surface area contributed by atoms with Gasteiger partial charge in [0.2, 0.25) is 0 Å². The van der Waals surface area contributed by atoms with Crippen LogP contribution in [0.25, 0.3) is 0 Å². The van der Waals surface area contributed by atoms with Crippen molar-refractivity contribution < 1.29 is 9.84 Å². The first kappa shape index (κ1) is 16.0. The Morgan fingerprint density at radius 2 is 2.28 bits per heavy atom. The number of rotatable bonds is 3. The lowest BCUT2D eigenvalue weighted by atomic mass is 9.96. The molecule has 9 heteroatoms. The molecular formula is C16H20N6O3. The zero-order chi connectivity index (χ0) is 17.8. The second-order valence-electron chi connectivity index (χ2n) is 6.55. The van der Waals surface area contributed by atoms with Gasteiger partial charge in [-0.2, -0.15) is 4.98 Å². The molecule has 0 radical (unpaired) electrons. The number of anilines is 2. The van der Waals surface area contributed by atoms with Gasteiger partial charge in [0.05, 0.1) is 12.7 Å². The van der Waals surface area contributed by atoms with Crippen LogP contribution in [-0.2, 0) is 4.74 Å². The Kier molecular flexibility index (Phi) is 3.51. The lowest BCUT2D eigenvalue weighted by Crippen LogP contribution is -2.48. The molecule has 25 heavy (non-hydrogen) atoms. The number of morpholine rings is 1. The van der Waals surface area contributed by atoms with Crippen LogP contribution in [0.15, 0.2) is 29.6 Å². The average Bonchev–Trinajstić information content (AvgIpc) is 3.07. The molecule has 4 rings (SSSR count). The fourth-order valence-corrected chi connectivity index (χ4v) is 3.76. The maximum absolute atomic E-state index is 12.4. The van der Waals surface area contributed by atoms with Gasteiger partial charge in [-0.1, -0.05) is 6.92 Å². The number of aliphatic hydroxyl groups is 1. The van der Waals surface area contributed by atoms with Crippen molar-refractivity contribution >= 4 is 11.6 Å². The Hall–Kier alpha value is -2.52. The molecule has 0 aromatic carbocycles. The summed E-state index contributed by atoms with van der Waals surface area (Å²) >= 11 is 0. The third kappa shape index (κ3) is 2.23. The Morgan fingerprint density at radius 1 is 1.48 bits per heavy atom.